The first kappa shape index (κ1) is 20.5. The van der Waals surface area contributed by atoms with Crippen LogP contribution in [0.1, 0.15) is 49.4 Å². The molecule has 0 heterocycles. The van der Waals surface area contributed by atoms with Crippen molar-refractivity contribution >= 4 is 24.0 Å². The monoisotopic (exact) mass is 383 g/mol. The Bertz CT molecular complexity index is 656. The highest BCUT2D eigenvalue weighted by Crippen LogP contribution is 2.40. The number of nitro benzene ring substituents is 1. The lowest BCUT2D eigenvalue weighted by Gasteiger charge is -2.45. The van der Waals surface area contributed by atoms with E-state index in [4.69, 9.17) is 10.5 Å². The van der Waals surface area contributed by atoms with E-state index >= 15 is 0 Å². The molecule has 1 amide bonds. The molecule has 2 saturated carbocycles. The summed E-state index contributed by atoms with van der Waals surface area (Å²) < 4.78 is 5.27. The zero-order chi connectivity index (χ0) is 18.0. The number of carbonyl (C=O) groups is 1. The van der Waals surface area contributed by atoms with Gasteiger partial charge in [-0.1, -0.05) is 6.42 Å². The summed E-state index contributed by atoms with van der Waals surface area (Å²) in [7, 11) is 0. The molecule has 0 saturated heterocycles. The van der Waals surface area contributed by atoms with Crippen LogP contribution in [0.4, 0.5) is 5.69 Å². The highest BCUT2D eigenvalue weighted by atomic mass is 35.5. The first-order chi connectivity index (χ1) is 12.0. The van der Waals surface area contributed by atoms with E-state index in [1.54, 1.807) is 13.0 Å². The predicted molar refractivity (Wildman–Crippen MR) is 101 cm³/mol. The number of hydrogen-bond donors (Lipinski definition) is 2. The van der Waals surface area contributed by atoms with Gasteiger partial charge >= 0.3 is 5.69 Å². The Morgan fingerprint density at radius 1 is 1.35 bits per heavy atom. The zero-order valence-corrected chi connectivity index (χ0v) is 15.7. The first-order valence-corrected chi connectivity index (χ1v) is 8.97. The van der Waals surface area contributed by atoms with Crippen LogP contribution in [0.5, 0.6) is 5.75 Å². The van der Waals surface area contributed by atoms with Crippen LogP contribution in [-0.2, 0) is 0 Å². The number of hydrogen-bond acceptors (Lipinski definition) is 5. The van der Waals surface area contributed by atoms with Crippen LogP contribution in [0.25, 0.3) is 0 Å². The lowest BCUT2D eigenvalue weighted by molar-refractivity contribution is -0.385. The van der Waals surface area contributed by atoms with Gasteiger partial charge in [0.05, 0.1) is 11.5 Å². The largest absolute Gasteiger partial charge is 0.487 e. The number of benzene rings is 1. The molecule has 2 aliphatic rings. The summed E-state index contributed by atoms with van der Waals surface area (Å²) in [6.07, 6.45) is 5.22. The molecule has 1 aromatic rings. The van der Waals surface area contributed by atoms with Crippen LogP contribution in [0.15, 0.2) is 18.2 Å². The summed E-state index contributed by atoms with van der Waals surface area (Å²) in [4.78, 5) is 23.4. The fourth-order valence-electron chi connectivity index (χ4n) is 4.34. The molecule has 2 atom stereocenters. The Morgan fingerprint density at radius 2 is 2.00 bits per heavy atom. The van der Waals surface area contributed by atoms with Crippen LogP contribution in [0, 0.1) is 22.0 Å². The van der Waals surface area contributed by atoms with E-state index in [9.17, 15) is 14.9 Å². The molecule has 2 unspecified atom stereocenters. The smallest absolute Gasteiger partial charge is 0.311 e. The van der Waals surface area contributed by atoms with Gasteiger partial charge in [0.1, 0.15) is 0 Å². The highest BCUT2D eigenvalue weighted by Gasteiger charge is 2.40. The molecule has 0 spiro atoms. The van der Waals surface area contributed by atoms with E-state index in [1.165, 1.54) is 18.6 Å². The second-order valence-corrected chi connectivity index (χ2v) is 7.05. The number of ether oxygens (including phenoxy) is 1. The number of amides is 1. The molecule has 26 heavy (non-hydrogen) atoms. The number of nitrogens with two attached hydrogens (primary N) is 1. The second kappa shape index (κ2) is 8.68. The van der Waals surface area contributed by atoms with Crippen molar-refractivity contribution in [3.05, 3.63) is 33.9 Å². The van der Waals surface area contributed by atoms with E-state index in [0.29, 0.717) is 24.0 Å². The lowest BCUT2D eigenvalue weighted by Crippen LogP contribution is -2.53. The summed E-state index contributed by atoms with van der Waals surface area (Å²) >= 11 is 0. The summed E-state index contributed by atoms with van der Waals surface area (Å²) in [6, 6.07) is 4.71. The average Bonchev–Trinajstić information content (AvgIpc) is 2.56. The molecule has 2 aliphatic carbocycles. The van der Waals surface area contributed by atoms with E-state index in [0.717, 1.165) is 25.7 Å². The number of halogens is 1. The first-order valence-electron chi connectivity index (χ1n) is 8.97. The maximum Gasteiger partial charge on any atom is 0.311 e. The van der Waals surface area contributed by atoms with Crippen molar-refractivity contribution < 1.29 is 14.5 Å². The molecule has 0 aromatic heterocycles. The normalized spacial score (nSPS) is 27.2. The number of rotatable bonds is 5. The van der Waals surface area contributed by atoms with Gasteiger partial charge in [0.2, 0.25) is 0 Å². The van der Waals surface area contributed by atoms with E-state index in [1.807, 2.05) is 0 Å². The van der Waals surface area contributed by atoms with Crippen molar-refractivity contribution in [2.24, 2.45) is 17.6 Å². The minimum Gasteiger partial charge on any atom is -0.487 e. The quantitative estimate of drug-likeness (QED) is 0.600. The SMILES string of the molecule is CCOc1ccc(C(=O)NC2C3CCCC2CC(N)C3)cc1[N+](=O)[O-].Cl. The van der Waals surface area contributed by atoms with Crippen molar-refractivity contribution in [1.82, 2.24) is 5.32 Å². The lowest BCUT2D eigenvalue weighted by atomic mass is 9.67. The van der Waals surface area contributed by atoms with Crippen molar-refractivity contribution in [2.45, 2.75) is 51.1 Å². The van der Waals surface area contributed by atoms with Gasteiger partial charge in [-0.3, -0.25) is 14.9 Å². The van der Waals surface area contributed by atoms with Crippen LogP contribution < -0.4 is 15.8 Å². The fraction of sp³-hybridized carbons (Fsp3) is 0.611. The van der Waals surface area contributed by atoms with Crippen LogP contribution in [0.2, 0.25) is 0 Å². The Kier molecular flexibility index (Phi) is 6.83. The molecular weight excluding hydrogens is 358 g/mol. The Labute approximate surface area is 159 Å². The van der Waals surface area contributed by atoms with Gasteiger partial charge < -0.3 is 15.8 Å². The van der Waals surface area contributed by atoms with Crippen molar-refractivity contribution in [3.63, 3.8) is 0 Å². The van der Waals surface area contributed by atoms with Gasteiger partial charge in [-0.15, -0.1) is 12.4 Å². The topological polar surface area (TPSA) is 107 Å². The molecule has 1 aromatic carbocycles. The zero-order valence-electron chi connectivity index (χ0n) is 14.8. The van der Waals surface area contributed by atoms with E-state index in [-0.39, 0.29) is 41.8 Å². The Hall–Kier alpha value is -1.86. The van der Waals surface area contributed by atoms with Gasteiger partial charge in [0.25, 0.3) is 5.91 Å². The summed E-state index contributed by atoms with van der Waals surface area (Å²) in [6.45, 7) is 2.09. The number of nitrogens with zero attached hydrogens (tertiary/aromatic N) is 1. The summed E-state index contributed by atoms with van der Waals surface area (Å²) in [5, 5.41) is 14.4. The van der Waals surface area contributed by atoms with Gasteiger partial charge in [-0.2, -0.15) is 0 Å². The van der Waals surface area contributed by atoms with E-state index < -0.39 is 4.92 Å². The number of carbonyl (C=O) groups excluding carboxylic acids is 1. The molecule has 2 fully saturated rings. The fourth-order valence-corrected chi connectivity index (χ4v) is 4.34. The third-order valence-corrected chi connectivity index (χ3v) is 5.39. The number of fused-ring (bicyclic) bond motifs is 2. The van der Waals surface area contributed by atoms with Crippen molar-refractivity contribution in [1.29, 1.82) is 0 Å². The van der Waals surface area contributed by atoms with Gasteiger partial charge in [-0.05, 0) is 56.6 Å². The molecule has 0 aliphatic heterocycles. The van der Waals surface area contributed by atoms with Crippen LogP contribution in [-0.4, -0.2) is 29.5 Å². The third kappa shape index (κ3) is 4.27. The summed E-state index contributed by atoms with van der Waals surface area (Å²) in [5.41, 5.74) is 6.24. The minimum absolute atomic E-state index is 0. The van der Waals surface area contributed by atoms with Crippen molar-refractivity contribution in [2.75, 3.05) is 6.61 Å². The molecule has 3 rings (SSSR count). The van der Waals surface area contributed by atoms with Crippen LogP contribution in [0.3, 0.4) is 0 Å². The van der Waals surface area contributed by atoms with Crippen molar-refractivity contribution in [3.8, 4) is 5.75 Å². The minimum atomic E-state index is -0.518. The molecule has 144 valence electrons. The maximum absolute atomic E-state index is 12.7. The van der Waals surface area contributed by atoms with Crippen LogP contribution >= 0.6 is 12.4 Å². The summed E-state index contributed by atoms with van der Waals surface area (Å²) in [5.74, 6) is 0.737. The number of nitrogens with one attached hydrogen (secondary N) is 1. The predicted octanol–water partition coefficient (Wildman–Crippen LogP) is 3.05. The standard InChI is InChI=1S/C18H25N3O4.ClH/c1-2-25-16-7-6-13(10-15(16)21(23)24)18(22)20-17-11-4-3-5-12(17)9-14(19)8-11;/h6-7,10-12,14,17H,2-5,8-9,19H2,1H3,(H,20,22);1H. The van der Waals surface area contributed by atoms with Gasteiger partial charge in [0, 0.05) is 23.7 Å². The molecule has 2 bridgehead atoms. The molecule has 0 radical (unpaired) electrons. The maximum atomic E-state index is 12.7. The van der Waals surface area contributed by atoms with Gasteiger partial charge in [0.15, 0.2) is 5.75 Å². The second-order valence-electron chi connectivity index (χ2n) is 7.05. The Balaban J connectivity index is 0.00000243. The molecule has 3 N–H and O–H groups in total. The molecule has 7 nitrogen and oxygen atoms in total. The molecule has 8 heteroatoms. The number of nitro groups is 1. The van der Waals surface area contributed by atoms with Gasteiger partial charge in [-0.25, -0.2) is 0 Å². The molecular formula is C18H26ClN3O4. The average molecular weight is 384 g/mol. The van der Waals surface area contributed by atoms with E-state index in [2.05, 4.69) is 5.32 Å². The Morgan fingerprint density at radius 3 is 2.58 bits per heavy atom. The highest BCUT2D eigenvalue weighted by molar-refractivity contribution is 5.95. The third-order valence-electron chi connectivity index (χ3n) is 5.39.